The maximum Gasteiger partial charge on any atom is 0.169 e. The molecule has 0 spiro atoms. The van der Waals surface area contributed by atoms with Gasteiger partial charge in [-0.1, -0.05) is 13.8 Å². The number of rotatable bonds is 8. The van der Waals surface area contributed by atoms with Crippen LogP contribution in [0.25, 0.3) is 0 Å². The Morgan fingerprint density at radius 1 is 1.26 bits per heavy atom. The summed E-state index contributed by atoms with van der Waals surface area (Å²) in [5.41, 5.74) is 5.97. The fourth-order valence-electron chi connectivity index (χ4n) is 2.12. The van der Waals surface area contributed by atoms with Crippen LogP contribution in [0.2, 0.25) is 0 Å². The lowest BCUT2D eigenvalue weighted by atomic mass is 10.1. The van der Waals surface area contributed by atoms with Crippen LogP contribution in [-0.2, 0) is 0 Å². The fraction of sp³-hybridized carbons (Fsp3) is 0.714. The molecule has 0 saturated carbocycles. The molecule has 0 aliphatic carbocycles. The molecule has 0 aromatic carbocycles. The Labute approximate surface area is 125 Å². The van der Waals surface area contributed by atoms with E-state index in [0.717, 1.165) is 30.1 Å². The Morgan fingerprint density at radius 3 is 2.37 bits per heavy atom. The molecule has 4 nitrogen and oxygen atoms in total. The first-order valence-corrected chi connectivity index (χ1v) is 7.57. The van der Waals surface area contributed by atoms with Crippen LogP contribution < -0.4 is 5.73 Å². The predicted octanol–water partition coefficient (Wildman–Crippen LogP) is 2.56. The van der Waals surface area contributed by atoms with Crippen molar-refractivity contribution in [3.63, 3.8) is 0 Å². The van der Waals surface area contributed by atoms with Gasteiger partial charge >= 0.3 is 0 Å². The molecule has 0 aliphatic rings. The number of hydrogen-bond donors (Lipinski definition) is 1. The van der Waals surface area contributed by atoms with Crippen molar-refractivity contribution in [1.29, 1.82) is 0 Å². The lowest BCUT2D eigenvalue weighted by Crippen LogP contribution is -2.40. The zero-order valence-corrected chi connectivity index (χ0v) is 14.0. The van der Waals surface area contributed by atoms with Gasteiger partial charge in [0.15, 0.2) is 4.67 Å². The minimum Gasteiger partial charge on any atom is -0.453 e. The molecule has 5 heteroatoms. The van der Waals surface area contributed by atoms with Crippen LogP contribution in [0.4, 0.5) is 0 Å². The molecule has 0 bridgehead atoms. The highest BCUT2D eigenvalue weighted by molar-refractivity contribution is 9.10. The first-order chi connectivity index (χ1) is 8.93. The van der Waals surface area contributed by atoms with Crippen molar-refractivity contribution in [1.82, 2.24) is 9.80 Å². The molecule has 1 rings (SSSR count). The SMILES string of the molecule is CC(C)CN(CCN(C)C)C(CN)c1ccc(Br)o1. The van der Waals surface area contributed by atoms with Crippen molar-refractivity contribution in [3.05, 3.63) is 22.6 Å². The van der Waals surface area contributed by atoms with Gasteiger partial charge in [-0.05, 0) is 48.1 Å². The van der Waals surface area contributed by atoms with Crippen LogP contribution in [0.1, 0.15) is 25.6 Å². The molecule has 0 fully saturated rings. The van der Waals surface area contributed by atoms with Crippen molar-refractivity contribution in [3.8, 4) is 0 Å². The van der Waals surface area contributed by atoms with Gasteiger partial charge in [0.2, 0.25) is 0 Å². The second-order valence-electron chi connectivity index (χ2n) is 5.59. The number of halogens is 1. The van der Waals surface area contributed by atoms with Crippen LogP contribution in [0.3, 0.4) is 0 Å². The summed E-state index contributed by atoms with van der Waals surface area (Å²) < 4.78 is 6.45. The maximum absolute atomic E-state index is 5.97. The van der Waals surface area contributed by atoms with E-state index in [2.05, 4.69) is 53.7 Å². The highest BCUT2D eigenvalue weighted by Crippen LogP contribution is 2.25. The lowest BCUT2D eigenvalue weighted by Gasteiger charge is -2.32. The summed E-state index contributed by atoms with van der Waals surface area (Å²) in [5.74, 6) is 1.54. The molecule has 19 heavy (non-hydrogen) atoms. The second kappa shape index (κ2) is 8.04. The third kappa shape index (κ3) is 5.65. The second-order valence-corrected chi connectivity index (χ2v) is 6.37. The Hall–Kier alpha value is -0.360. The van der Waals surface area contributed by atoms with E-state index in [4.69, 9.17) is 10.2 Å². The minimum atomic E-state index is 0.147. The third-order valence-electron chi connectivity index (χ3n) is 3.02. The van der Waals surface area contributed by atoms with Crippen LogP contribution in [-0.4, -0.2) is 50.1 Å². The number of nitrogens with two attached hydrogens (primary N) is 1. The molecule has 0 aliphatic heterocycles. The predicted molar refractivity (Wildman–Crippen MR) is 83.2 cm³/mol. The summed E-state index contributed by atoms with van der Waals surface area (Å²) in [5, 5.41) is 0. The molecule has 0 amide bonds. The molecule has 1 unspecified atom stereocenters. The largest absolute Gasteiger partial charge is 0.453 e. The summed E-state index contributed by atoms with van der Waals surface area (Å²) in [4.78, 5) is 4.61. The molecular formula is C14H26BrN3O. The highest BCUT2D eigenvalue weighted by atomic mass is 79.9. The Kier molecular flexibility index (Phi) is 7.07. The maximum atomic E-state index is 5.97. The average Bonchev–Trinajstić information content (AvgIpc) is 2.72. The van der Waals surface area contributed by atoms with Gasteiger partial charge in [-0.3, -0.25) is 4.90 Å². The smallest absolute Gasteiger partial charge is 0.169 e. The summed E-state index contributed by atoms with van der Waals surface area (Å²) in [7, 11) is 4.18. The van der Waals surface area contributed by atoms with Crippen molar-refractivity contribution in [2.75, 3.05) is 40.3 Å². The normalized spacial score (nSPS) is 13.7. The molecule has 1 aromatic heterocycles. The van der Waals surface area contributed by atoms with Gasteiger partial charge in [0, 0.05) is 26.2 Å². The Morgan fingerprint density at radius 2 is 1.95 bits per heavy atom. The minimum absolute atomic E-state index is 0.147. The first kappa shape index (κ1) is 16.7. The lowest BCUT2D eigenvalue weighted by molar-refractivity contribution is 0.146. The average molecular weight is 332 g/mol. The zero-order valence-electron chi connectivity index (χ0n) is 12.4. The topological polar surface area (TPSA) is 45.6 Å². The van der Waals surface area contributed by atoms with Crippen molar-refractivity contribution in [2.45, 2.75) is 19.9 Å². The number of furan rings is 1. The number of nitrogens with zero attached hydrogens (tertiary/aromatic N) is 2. The molecule has 0 saturated heterocycles. The fourth-order valence-corrected chi connectivity index (χ4v) is 2.44. The summed E-state index contributed by atoms with van der Waals surface area (Å²) in [6, 6.07) is 4.08. The van der Waals surface area contributed by atoms with Gasteiger partial charge in [-0.2, -0.15) is 0 Å². The van der Waals surface area contributed by atoms with E-state index in [1.165, 1.54) is 0 Å². The van der Waals surface area contributed by atoms with Gasteiger partial charge in [-0.15, -0.1) is 0 Å². The van der Waals surface area contributed by atoms with E-state index in [-0.39, 0.29) is 6.04 Å². The summed E-state index contributed by atoms with van der Waals surface area (Å²) in [6.07, 6.45) is 0. The quantitative estimate of drug-likeness (QED) is 0.795. The van der Waals surface area contributed by atoms with Crippen LogP contribution in [0.5, 0.6) is 0 Å². The summed E-state index contributed by atoms with van der Waals surface area (Å²) >= 11 is 3.36. The van der Waals surface area contributed by atoms with Gasteiger partial charge in [0.25, 0.3) is 0 Å². The van der Waals surface area contributed by atoms with Crippen molar-refractivity contribution >= 4 is 15.9 Å². The monoisotopic (exact) mass is 331 g/mol. The summed E-state index contributed by atoms with van der Waals surface area (Å²) in [6.45, 7) is 8.06. The number of hydrogen-bond acceptors (Lipinski definition) is 4. The standard InChI is InChI=1S/C14H26BrN3O/c1-11(2)10-18(8-7-17(3)4)12(9-16)13-5-6-14(15)19-13/h5-6,11-12H,7-10,16H2,1-4H3. The molecule has 0 radical (unpaired) electrons. The van der Waals surface area contributed by atoms with Crippen molar-refractivity contribution < 1.29 is 4.42 Å². The van der Waals surface area contributed by atoms with Gasteiger partial charge in [0.05, 0.1) is 6.04 Å². The molecular weight excluding hydrogens is 306 g/mol. The van der Waals surface area contributed by atoms with Crippen LogP contribution in [0.15, 0.2) is 21.2 Å². The molecule has 1 aromatic rings. The number of likely N-dealkylation sites (N-methyl/N-ethyl adjacent to an activating group) is 1. The zero-order chi connectivity index (χ0) is 14.4. The van der Waals surface area contributed by atoms with Crippen LogP contribution in [0, 0.1) is 5.92 Å². The molecule has 1 atom stereocenters. The Balaban J connectivity index is 2.79. The van der Waals surface area contributed by atoms with Crippen LogP contribution >= 0.6 is 15.9 Å². The van der Waals surface area contributed by atoms with E-state index in [0.29, 0.717) is 12.5 Å². The Bertz CT molecular complexity index is 365. The van der Waals surface area contributed by atoms with Gasteiger partial charge < -0.3 is 15.1 Å². The van der Waals surface area contributed by atoms with E-state index in [1.54, 1.807) is 0 Å². The molecule has 2 N–H and O–H groups in total. The first-order valence-electron chi connectivity index (χ1n) is 6.78. The van der Waals surface area contributed by atoms with E-state index in [9.17, 15) is 0 Å². The van der Waals surface area contributed by atoms with Gasteiger partial charge in [-0.25, -0.2) is 0 Å². The highest BCUT2D eigenvalue weighted by Gasteiger charge is 2.22. The van der Waals surface area contributed by atoms with Gasteiger partial charge in [0.1, 0.15) is 5.76 Å². The molecule has 1 heterocycles. The van der Waals surface area contributed by atoms with E-state index < -0.39 is 0 Å². The van der Waals surface area contributed by atoms with E-state index >= 15 is 0 Å². The van der Waals surface area contributed by atoms with Crippen molar-refractivity contribution in [2.24, 2.45) is 11.7 Å². The third-order valence-corrected chi connectivity index (χ3v) is 3.45. The molecule has 110 valence electrons. The van der Waals surface area contributed by atoms with E-state index in [1.807, 2.05) is 12.1 Å².